The van der Waals surface area contributed by atoms with E-state index in [0.29, 0.717) is 16.5 Å². The van der Waals surface area contributed by atoms with Crippen molar-refractivity contribution in [3.8, 4) is 0 Å². The van der Waals surface area contributed by atoms with Crippen molar-refractivity contribution in [3.05, 3.63) is 33.8 Å². The molecule has 0 spiro atoms. The van der Waals surface area contributed by atoms with Gasteiger partial charge in [0.2, 0.25) is 0 Å². The third-order valence-electron chi connectivity index (χ3n) is 3.17. The topological polar surface area (TPSA) is 20.2 Å². The van der Waals surface area contributed by atoms with Gasteiger partial charge in [0.05, 0.1) is 5.60 Å². The lowest BCUT2D eigenvalue weighted by Gasteiger charge is -2.37. The number of aliphatic hydroxyl groups is 1. The normalized spacial score (nSPS) is 15.9. The van der Waals surface area contributed by atoms with E-state index < -0.39 is 5.60 Å². The average molecular weight is 261 g/mol. The molecule has 1 aromatic rings. The van der Waals surface area contributed by atoms with Crippen LogP contribution in [0.15, 0.2) is 18.2 Å². The van der Waals surface area contributed by atoms with Crippen molar-refractivity contribution in [2.75, 3.05) is 0 Å². The van der Waals surface area contributed by atoms with E-state index in [4.69, 9.17) is 23.2 Å². The summed E-state index contributed by atoms with van der Waals surface area (Å²) < 4.78 is 0. The zero-order valence-corrected chi connectivity index (χ0v) is 11.7. The molecule has 1 atom stereocenters. The maximum atomic E-state index is 10.4. The van der Waals surface area contributed by atoms with Crippen LogP contribution in [0.5, 0.6) is 0 Å². The highest BCUT2D eigenvalue weighted by Gasteiger charge is 2.35. The van der Waals surface area contributed by atoms with Crippen molar-refractivity contribution >= 4 is 23.2 Å². The van der Waals surface area contributed by atoms with Crippen LogP contribution in [-0.4, -0.2) is 10.7 Å². The van der Waals surface area contributed by atoms with Gasteiger partial charge < -0.3 is 5.11 Å². The molecule has 1 nitrogen and oxygen atoms in total. The second-order valence-corrected chi connectivity index (χ2v) is 6.28. The molecule has 0 amide bonds. The minimum absolute atomic E-state index is 0.198. The predicted octanol–water partition coefficient (Wildman–Crippen LogP) is 4.33. The van der Waals surface area contributed by atoms with Gasteiger partial charge in [-0.15, -0.1) is 0 Å². The first kappa shape index (κ1) is 13.8. The van der Waals surface area contributed by atoms with Gasteiger partial charge in [-0.25, -0.2) is 0 Å². The van der Waals surface area contributed by atoms with Crippen LogP contribution in [0.1, 0.15) is 33.3 Å². The van der Waals surface area contributed by atoms with E-state index in [-0.39, 0.29) is 5.41 Å². The van der Waals surface area contributed by atoms with E-state index in [1.54, 1.807) is 12.1 Å². The zero-order valence-electron chi connectivity index (χ0n) is 10.1. The molecule has 1 aromatic carbocycles. The smallest absolute Gasteiger partial charge is 0.0708 e. The highest BCUT2D eigenvalue weighted by molar-refractivity contribution is 6.35. The molecule has 0 fully saturated rings. The van der Waals surface area contributed by atoms with Crippen molar-refractivity contribution in [3.63, 3.8) is 0 Å². The number of rotatable bonds is 2. The second kappa shape index (κ2) is 4.56. The van der Waals surface area contributed by atoms with Crippen LogP contribution in [0.25, 0.3) is 0 Å². The van der Waals surface area contributed by atoms with Gasteiger partial charge in [-0.05, 0) is 30.0 Å². The third-order valence-corrected chi connectivity index (χ3v) is 3.75. The summed E-state index contributed by atoms with van der Waals surface area (Å²) in [5, 5.41) is 11.6. The highest BCUT2D eigenvalue weighted by Crippen LogP contribution is 2.35. The fraction of sp³-hybridized carbons (Fsp3) is 0.538. The Morgan fingerprint density at radius 3 is 2.12 bits per heavy atom. The Kier molecular flexibility index (Phi) is 3.94. The number of benzene rings is 1. The molecule has 0 heterocycles. The Balaban J connectivity index is 2.97. The first-order valence-electron chi connectivity index (χ1n) is 5.30. The summed E-state index contributed by atoms with van der Waals surface area (Å²) in [6, 6.07) is 5.36. The molecular weight excluding hydrogens is 243 g/mol. The van der Waals surface area contributed by atoms with Gasteiger partial charge in [-0.2, -0.15) is 0 Å². The summed E-state index contributed by atoms with van der Waals surface area (Å²) in [7, 11) is 0. The molecule has 0 radical (unpaired) electrons. The third kappa shape index (κ3) is 3.13. The predicted molar refractivity (Wildman–Crippen MR) is 70.2 cm³/mol. The minimum atomic E-state index is -0.801. The molecule has 0 aromatic heterocycles. The second-order valence-electron chi connectivity index (χ2n) is 5.44. The Labute approximate surface area is 107 Å². The molecule has 1 unspecified atom stereocenters. The van der Waals surface area contributed by atoms with Crippen LogP contribution in [0.2, 0.25) is 10.0 Å². The summed E-state index contributed by atoms with van der Waals surface area (Å²) in [6.45, 7) is 7.86. The Morgan fingerprint density at radius 1 is 1.12 bits per heavy atom. The van der Waals surface area contributed by atoms with Gasteiger partial charge in [0.1, 0.15) is 0 Å². The van der Waals surface area contributed by atoms with Crippen LogP contribution in [-0.2, 0) is 6.42 Å². The fourth-order valence-electron chi connectivity index (χ4n) is 1.30. The van der Waals surface area contributed by atoms with Crippen LogP contribution >= 0.6 is 23.2 Å². The van der Waals surface area contributed by atoms with Crippen molar-refractivity contribution in [2.45, 2.75) is 39.7 Å². The van der Waals surface area contributed by atoms with Crippen LogP contribution in [0.4, 0.5) is 0 Å². The molecular formula is C13H18Cl2O. The quantitative estimate of drug-likeness (QED) is 0.839. The summed E-state index contributed by atoms with van der Waals surface area (Å²) in [6.07, 6.45) is 0.520. The molecule has 0 saturated carbocycles. The Bertz CT molecular complexity index is 378. The van der Waals surface area contributed by atoms with E-state index in [0.717, 1.165) is 5.56 Å². The van der Waals surface area contributed by atoms with Gasteiger partial charge >= 0.3 is 0 Å². The molecule has 1 N–H and O–H groups in total. The van der Waals surface area contributed by atoms with Gasteiger partial charge in [-0.3, -0.25) is 0 Å². The maximum absolute atomic E-state index is 10.4. The molecule has 90 valence electrons. The molecule has 0 aliphatic heterocycles. The van der Waals surface area contributed by atoms with Gasteiger partial charge in [-0.1, -0.05) is 50.0 Å². The lowest BCUT2D eigenvalue weighted by atomic mass is 9.74. The average Bonchev–Trinajstić information content (AvgIpc) is 2.08. The standard InChI is InChI=1S/C13H18Cl2O/c1-12(2,3)13(4,16)8-9-5-6-10(14)7-11(9)15/h5-7,16H,8H2,1-4H3. The Morgan fingerprint density at radius 2 is 1.69 bits per heavy atom. The summed E-state index contributed by atoms with van der Waals surface area (Å²) in [4.78, 5) is 0. The van der Waals surface area contributed by atoms with Crippen LogP contribution in [0.3, 0.4) is 0 Å². The molecule has 0 aliphatic rings. The molecule has 3 heteroatoms. The molecule has 1 rings (SSSR count). The fourth-order valence-corrected chi connectivity index (χ4v) is 1.78. The van der Waals surface area contributed by atoms with Gasteiger partial charge in [0, 0.05) is 16.5 Å². The van der Waals surface area contributed by atoms with E-state index in [1.165, 1.54) is 0 Å². The summed E-state index contributed by atoms with van der Waals surface area (Å²) >= 11 is 11.9. The number of halogens is 2. The van der Waals surface area contributed by atoms with E-state index >= 15 is 0 Å². The number of hydrogen-bond donors (Lipinski definition) is 1. The molecule has 0 saturated heterocycles. The largest absolute Gasteiger partial charge is 0.389 e. The van der Waals surface area contributed by atoms with Crippen molar-refractivity contribution in [1.82, 2.24) is 0 Å². The van der Waals surface area contributed by atoms with Crippen molar-refractivity contribution < 1.29 is 5.11 Å². The number of hydrogen-bond acceptors (Lipinski definition) is 1. The lowest BCUT2D eigenvalue weighted by molar-refractivity contribution is -0.0405. The minimum Gasteiger partial charge on any atom is -0.389 e. The summed E-state index contributed by atoms with van der Waals surface area (Å²) in [5.41, 5.74) is -0.0774. The highest BCUT2D eigenvalue weighted by atomic mass is 35.5. The Hall–Kier alpha value is -0.240. The van der Waals surface area contributed by atoms with E-state index in [1.807, 2.05) is 33.8 Å². The summed E-state index contributed by atoms with van der Waals surface area (Å²) in [5.74, 6) is 0. The molecule has 16 heavy (non-hydrogen) atoms. The molecule has 0 aliphatic carbocycles. The van der Waals surface area contributed by atoms with Gasteiger partial charge in [0.15, 0.2) is 0 Å². The van der Waals surface area contributed by atoms with Crippen LogP contribution in [0, 0.1) is 5.41 Å². The van der Waals surface area contributed by atoms with Gasteiger partial charge in [0.25, 0.3) is 0 Å². The van der Waals surface area contributed by atoms with E-state index in [9.17, 15) is 5.11 Å². The zero-order chi connectivity index (χ0) is 12.6. The van der Waals surface area contributed by atoms with Crippen LogP contribution < -0.4 is 0 Å². The van der Waals surface area contributed by atoms with Crippen molar-refractivity contribution in [2.24, 2.45) is 5.41 Å². The monoisotopic (exact) mass is 260 g/mol. The SMILES string of the molecule is CC(C)(C)C(C)(O)Cc1ccc(Cl)cc1Cl. The van der Waals surface area contributed by atoms with Crippen molar-refractivity contribution in [1.29, 1.82) is 0 Å². The first-order chi connectivity index (χ1) is 7.13. The molecule has 0 bridgehead atoms. The maximum Gasteiger partial charge on any atom is 0.0708 e. The van der Waals surface area contributed by atoms with E-state index in [2.05, 4.69) is 0 Å². The lowest BCUT2D eigenvalue weighted by Crippen LogP contribution is -2.41. The first-order valence-corrected chi connectivity index (χ1v) is 6.05.